The van der Waals surface area contributed by atoms with Crippen molar-refractivity contribution in [2.75, 3.05) is 33.3 Å². The van der Waals surface area contributed by atoms with Crippen molar-refractivity contribution in [1.82, 2.24) is 19.4 Å². The second kappa shape index (κ2) is 8.27. The van der Waals surface area contributed by atoms with Crippen molar-refractivity contribution in [2.24, 2.45) is 0 Å². The van der Waals surface area contributed by atoms with E-state index in [4.69, 9.17) is 5.11 Å². The maximum atomic E-state index is 12.7. The van der Waals surface area contributed by atoms with Crippen LogP contribution in [0.15, 0.2) is 42.9 Å². The van der Waals surface area contributed by atoms with E-state index in [1.807, 2.05) is 46.1 Å². The van der Waals surface area contributed by atoms with Crippen LogP contribution < -0.4 is 0 Å². The van der Waals surface area contributed by atoms with E-state index in [2.05, 4.69) is 16.9 Å². The molecule has 6 nitrogen and oxygen atoms in total. The molecule has 1 aliphatic rings. The summed E-state index contributed by atoms with van der Waals surface area (Å²) in [5.74, 6) is 0.869. The van der Waals surface area contributed by atoms with Crippen LogP contribution in [0.5, 0.6) is 0 Å². The Morgan fingerprint density at radius 3 is 2.60 bits per heavy atom. The lowest BCUT2D eigenvalue weighted by atomic mass is 10.0. The number of carbonyl (C=O) groups is 1. The Hall–Kier alpha value is -2.18. The van der Waals surface area contributed by atoms with E-state index in [0.29, 0.717) is 11.6 Å². The summed E-state index contributed by atoms with van der Waals surface area (Å²) in [5.41, 5.74) is 0.642. The number of hydrogen-bond donors (Lipinski definition) is 1. The molecule has 134 valence electrons. The van der Waals surface area contributed by atoms with Gasteiger partial charge in [-0.15, -0.1) is 0 Å². The fraction of sp³-hybridized carbons (Fsp3) is 0.474. The number of amides is 1. The zero-order valence-electron chi connectivity index (χ0n) is 14.7. The standard InChI is InChI=1S/C19H26N4O2/c1-21(9-4-14-24)17-7-12-23(13-8-17)19(25)16-5-6-18(20-15-16)22-10-2-3-11-22/h2-3,5-6,10-11,15,17,24H,4,7-9,12-14H2,1H3. The van der Waals surface area contributed by atoms with E-state index in [0.717, 1.165) is 44.7 Å². The Bertz CT molecular complexity index is 661. The molecule has 1 amide bonds. The quantitative estimate of drug-likeness (QED) is 0.869. The minimum absolute atomic E-state index is 0.0583. The highest BCUT2D eigenvalue weighted by atomic mass is 16.3. The largest absolute Gasteiger partial charge is 0.396 e. The van der Waals surface area contributed by atoms with Gasteiger partial charge in [-0.2, -0.15) is 0 Å². The Balaban J connectivity index is 1.55. The van der Waals surface area contributed by atoms with Crippen LogP contribution >= 0.6 is 0 Å². The minimum atomic E-state index is 0.0583. The first-order valence-electron chi connectivity index (χ1n) is 8.89. The van der Waals surface area contributed by atoms with Crippen molar-refractivity contribution in [1.29, 1.82) is 0 Å². The van der Waals surface area contributed by atoms with Crippen LogP contribution in [0.25, 0.3) is 5.82 Å². The van der Waals surface area contributed by atoms with Gasteiger partial charge >= 0.3 is 0 Å². The van der Waals surface area contributed by atoms with Crippen LogP contribution in [0.2, 0.25) is 0 Å². The van der Waals surface area contributed by atoms with Crippen molar-refractivity contribution in [3.05, 3.63) is 48.4 Å². The molecule has 0 saturated carbocycles. The molecule has 1 aliphatic heterocycles. The molecule has 25 heavy (non-hydrogen) atoms. The van der Waals surface area contributed by atoms with E-state index >= 15 is 0 Å². The molecule has 0 bridgehead atoms. The minimum Gasteiger partial charge on any atom is -0.396 e. The number of hydrogen-bond acceptors (Lipinski definition) is 4. The van der Waals surface area contributed by atoms with Crippen molar-refractivity contribution < 1.29 is 9.90 Å². The number of aliphatic hydroxyl groups is 1. The molecule has 2 aromatic heterocycles. The van der Waals surface area contributed by atoms with Crippen molar-refractivity contribution >= 4 is 5.91 Å². The number of carbonyl (C=O) groups excluding carboxylic acids is 1. The number of likely N-dealkylation sites (tertiary alicyclic amines) is 1. The zero-order chi connectivity index (χ0) is 17.6. The third-order valence-electron chi connectivity index (χ3n) is 4.91. The normalized spacial score (nSPS) is 15.7. The maximum absolute atomic E-state index is 12.7. The molecular weight excluding hydrogens is 316 g/mol. The number of rotatable bonds is 6. The van der Waals surface area contributed by atoms with Crippen molar-refractivity contribution in [3.63, 3.8) is 0 Å². The topological polar surface area (TPSA) is 61.6 Å². The Morgan fingerprint density at radius 1 is 1.28 bits per heavy atom. The predicted molar refractivity (Wildman–Crippen MR) is 96.8 cm³/mol. The molecule has 6 heteroatoms. The molecule has 3 heterocycles. The third-order valence-corrected chi connectivity index (χ3v) is 4.91. The highest BCUT2D eigenvalue weighted by Crippen LogP contribution is 2.18. The molecule has 0 spiro atoms. The molecule has 1 saturated heterocycles. The van der Waals surface area contributed by atoms with Crippen molar-refractivity contribution in [3.8, 4) is 5.82 Å². The molecule has 0 atom stereocenters. The fourth-order valence-corrected chi connectivity index (χ4v) is 3.35. The summed E-state index contributed by atoms with van der Waals surface area (Å²) in [7, 11) is 2.10. The Labute approximate surface area is 148 Å². The molecule has 0 unspecified atom stereocenters. The van der Waals surface area contributed by atoms with E-state index in [1.54, 1.807) is 6.20 Å². The van der Waals surface area contributed by atoms with Gasteiger partial charge in [-0.1, -0.05) is 0 Å². The van der Waals surface area contributed by atoms with Crippen LogP contribution in [-0.2, 0) is 0 Å². The molecule has 0 aromatic carbocycles. The van der Waals surface area contributed by atoms with E-state index < -0.39 is 0 Å². The van der Waals surface area contributed by atoms with Gasteiger partial charge in [-0.25, -0.2) is 4.98 Å². The first-order valence-corrected chi connectivity index (χ1v) is 8.89. The van der Waals surface area contributed by atoms with Gasteiger partial charge in [0.1, 0.15) is 5.82 Å². The molecule has 2 aromatic rings. The van der Waals surface area contributed by atoms with Gasteiger partial charge < -0.3 is 19.5 Å². The monoisotopic (exact) mass is 342 g/mol. The number of nitrogens with zero attached hydrogens (tertiary/aromatic N) is 4. The maximum Gasteiger partial charge on any atom is 0.255 e. The molecule has 1 N–H and O–H groups in total. The predicted octanol–water partition coefficient (Wildman–Crippen LogP) is 1.79. The van der Waals surface area contributed by atoms with Gasteiger partial charge in [-0.3, -0.25) is 4.79 Å². The lowest BCUT2D eigenvalue weighted by Gasteiger charge is -2.36. The second-order valence-electron chi connectivity index (χ2n) is 6.58. The second-order valence-corrected chi connectivity index (χ2v) is 6.58. The van der Waals surface area contributed by atoms with Gasteiger partial charge in [-0.05, 0) is 50.6 Å². The third kappa shape index (κ3) is 4.27. The number of piperidine rings is 1. The number of pyridine rings is 1. The average molecular weight is 342 g/mol. The number of aliphatic hydroxyl groups excluding tert-OH is 1. The average Bonchev–Trinajstić information content (AvgIpc) is 3.20. The summed E-state index contributed by atoms with van der Waals surface area (Å²) in [6.45, 7) is 2.67. The number of aromatic nitrogens is 2. The first kappa shape index (κ1) is 17.6. The van der Waals surface area contributed by atoms with E-state index in [-0.39, 0.29) is 12.5 Å². The highest BCUT2D eigenvalue weighted by Gasteiger charge is 2.25. The summed E-state index contributed by atoms with van der Waals surface area (Å²) in [5, 5.41) is 8.95. The summed E-state index contributed by atoms with van der Waals surface area (Å²) < 4.78 is 1.92. The molecule has 0 aliphatic carbocycles. The fourth-order valence-electron chi connectivity index (χ4n) is 3.35. The van der Waals surface area contributed by atoms with Crippen LogP contribution in [0.4, 0.5) is 0 Å². The molecular formula is C19H26N4O2. The van der Waals surface area contributed by atoms with Crippen LogP contribution in [0.3, 0.4) is 0 Å². The molecule has 3 rings (SSSR count). The zero-order valence-corrected chi connectivity index (χ0v) is 14.7. The Kier molecular flexibility index (Phi) is 5.83. The van der Waals surface area contributed by atoms with E-state index in [9.17, 15) is 4.79 Å². The molecule has 0 radical (unpaired) electrons. The molecule has 1 fully saturated rings. The van der Waals surface area contributed by atoms with Crippen molar-refractivity contribution in [2.45, 2.75) is 25.3 Å². The Morgan fingerprint density at radius 2 is 2.00 bits per heavy atom. The van der Waals surface area contributed by atoms with Crippen LogP contribution in [-0.4, -0.2) is 69.7 Å². The van der Waals surface area contributed by atoms with Gasteiger partial charge in [0.15, 0.2) is 0 Å². The SMILES string of the molecule is CN(CCCO)C1CCN(C(=O)c2ccc(-n3cccc3)nc2)CC1. The first-order chi connectivity index (χ1) is 12.2. The van der Waals surface area contributed by atoms with E-state index in [1.165, 1.54) is 0 Å². The summed E-state index contributed by atoms with van der Waals surface area (Å²) in [6, 6.07) is 8.11. The van der Waals surface area contributed by atoms with Crippen LogP contribution in [0, 0.1) is 0 Å². The van der Waals surface area contributed by atoms with Gasteiger partial charge in [0.25, 0.3) is 5.91 Å². The highest BCUT2D eigenvalue weighted by molar-refractivity contribution is 5.94. The van der Waals surface area contributed by atoms with Gasteiger partial charge in [0.2, 0.25) is 0 Å². The van der Waals surface area contributed by atoms with Gasteiger partial charge in [0, 0.05) is 50.9 Å². The lowest BCUT2D eigenvalue weighted by Crippen LogP contribution is -2.45. The summed E-state index contributed by atoms with van der Waals surface area (Å²) in [6.07, 6.45) is 8.28. The summed E-state index contributed by atoms with van der Waals surface area (Å²) in [4.78, 5) is 21.3. The van der Waals surface area contributed by atoms with Gasteiger partial charge in [0.05, 0.1) is 5.56 Å². The smallest absolute Gasteiger partial charge is 0.255 e. The van der Waals surface area contributed by atoms with Crippen LogP contribution in [0.1, 0.15) is 29.6 Å². The lowest BCUT2D eigenvalue weighted by molar-refractivity contribution is 0.0640. The summed E-state index contributed by atoms with van der Waals surface area (Å²) >= 11 is 0.